The fourth-order valence-corrected chi connectivity index (χ4v) is 1.88. The van der Waals surface area contributed by atoms with Crippen LogP contribution in [0.15, 0.2) is 36.5 Å². The maximum atomic E-state index is 12.1. The highest BCUT2D eigenvalue weighted by molar-refractivity contribution is 5.99. The van der Waals surface area contributed by atoms with Crippen molar-refractivity contribution in [3.63, 3.8) is 0 Å². The van der Waals surface area contributed by atoms with E-state index in [9.17, 15) is 4.79 Å². The third-order valence-corrected chi connectivity index (χ3v) is 3.45. The first-order valence-corrected chi connectivity index (χ1v) is 6.51. The van der Waals surface area contributed by atoms with Gasteiger partial charge in [0.1, 0.15) is 0 Å². The Balaban J connectivity index is 2.24. The van der Waals surface area contributed by atoms with Crippen LogP contribution < -0.4 is 5.32 Å². The number of amides is 2. The van der Waals surface area contributed by atoms with Crippen molar-refractivity contribution in [3.05, 3.63) is 36.5 Å². The second kappa shape index (κ2) is 5.69. The Hall–Kier alpha value is -2.10. The molecular weight excluding hydrogens is 238 g/mol. The van der Waals surface area contributed by atoms with Gasteiger partial charge in [-0.15, -0.1) is 0 Å². The minimum atomic E-state index is -0.104. The number of hydrogen-bond donors (Lipinski definition) is 1. The van der Waals surface area contributed by atoms with Crippen LogP contribution in [0, 0.1) is 0 Å². The summed E-state index contributed by atoms with van der Waals surface area (Å²) in [5.41, 5.74) is 1.56. The van der Waals surface area contributed by atoms with Gasteiger partial charge in [0, 0.05) is 24.7 Å². The molecule has 4 heteroatoms. The van der Waals surface area contributed by atoms with Crippen molar-refractivity contribution < 1.29 is 4.79 Å². The van der Waals surface area contributed by atoms with Gasteiger partial charge in [0.05, 0.1) is 11.2 Å². The molecule has 2 rings (SSSR count). The van der Waals surface area contributed by atoms with E-state index in [-0.39, 0.29) is 12.1 Å². The van der Waals surface area contributed by atoms with Gasteiger partial charge >= 0.3 is 6.03 Å². The number of nitrogens with one attached hydrogen (secondary N) is 1. The van der Waals surface area contributed by atoms with Gasteiger partial charge in [0.2, 0.25) is 0 Å². The second-order valence-corrected chi connectivity index (χ2v) is 4.68. The van der Waals surface area contributed by atoms with E-state index in [0.717, 1.165) is 23.0 Å². The lowest BCUT2D eigenvalue weighted by molar-refractivity contribution is 0.206. The highest BCUT2D eigenvalue weighted by Gasteiger charge is 2.15. The van der Waals surface area contributed by atoms with E-state index in [1.54, 1.807) is 11.1 Å². The van der Waals surface area contributed by atoms with Gasteiger partial charge in [-0.2, -0.15) is 0 Å². The van der Waals surface area contributed by atoms with Crippen LogP contribution in [0.4, 0.5) is 10.5 Å². The minimum Gasteiger partial charge on any atom is -0.325 e. The summed E-state index contributed by atoms with van der Waals surface area (Å²) in [5.74, 6) is 0. The van der Waals surface area contributed by atoms with E-state index < -0.39 is 0 Å². The molecule has 0 bridgehead atoms. The summed E-state index contributed by atoms with van der Waals surface area (Å²) in [5, 5.41) is 3.94. The molecule has 0 saturated carbocycles. The van der Waals surface area contributed by atoms with E-state index in [1.807, 2.05) is 44.3 Å². The number of hydrogen-bond acceptors (Lipinski definition) is 2. The summed E-state index contributed by atoms with van der Waals surface area (Å²) < 4.78 is 0. The Morgan fingerprint density at radius 1 is 1.37 bits per heavy atom. The number of benzene rings is 1. The summed E-state index contributed by atoms with van der Waals surface area (Å²) in [4.78, 5) is 18.2. The number of rotatable bonds is 3. The average Bonchev–Trinajstić information content (AvgIpc) is 2.46. The van der Waals surface area contributed by atoms with Crippen LogP contribution in [-0.2, 0) is 0 Å². The summed E-state index contributed by atoms with van der Waals surface area (Å²) in [6.45, 7) is 4.09. The molecule has 4 nitrogen and oxygen atoms in total. The Bertz CT molecular complexity index is 577. The third-order valence-electron chi connectivity index (χ3n) is 3.45. The highest BCUT2D eigenvalue weighted by Crippen LogP contribution is 2.21. The Morgan fingerprint density at radius 2 is 2.11 bits per heavy atom. The smallest absolute Gasteiger partial charge is 0.321 e. The maximum absolute atomic E-state index is 12.1. The van der Waals surface area contributed by atoms with E-state index in [4.69, 9.17) is 0 Å². The van der Waals surface area contributed by atoms with Gasteiger partial charge in [0.25, 0.3) is 0 Å². The van der Waals surface area contributed by atoms with Gasteiger partial charge < -0.3 is 10.2 Å². The SMILES string of the molecule is CCC(C)N(C)C(=O)Nc1cccc2cccnc12. The number of pyridine rings is 1. The van der Waals surface area contributed by atoms with E-state index in [0.29, 0.717) is 0 Å². The third kappa shape index (κ3) is 2.84. The van der Waals surface area contributed by atoms with Crippen molar-refractivity contribution in [1.82, 2.24) is 9.88 Å². The van der Waals surface area contributed by atoms with Gasteiger partial charge in [-0.1, -0.05) is 25.1 Å². The topological polar surface area (TPSA) is 45.2 Å². The van der Waals surface area contributed by atoms with Crippen molar-refractivity contribution in [2.75, 3.05) is 12.4 Å². The van der Waals surface area contributed by atoms with Crippen LogP contribution in [-0.4, -0.2) is 29.0 Å². The molecule has 1 heterocycles. The molecule has 2 amide bonds. The molecule has 0 aliphatic carbocycles. The van der Waals surface area contributed by atoms with Crippen LogP contribution >= 0.6 is 0 Å². The number of aromatic nitrogens is 1. The van der Waals surface area contributed by atoms with Crippen LogP contribution in [0.1, 0.15) is 20.3 Å². The number of para-hydroxylation sites is 1. The number of anilines is 1. The summed E-state index contributed by atoms with van der Waals surface area (Å²) in [7, 11) is 1.81. The van der Waals surface area contributed by atoms with Crippen molar-refractivity contribution in [3.8, 4) is 0 Å². The standard InChI is InChI=1S/C15H19N3O/c1-4-11(2)18(3)15(19)17-13-9-5-7-12-8-6-10-16-14(12)13/h5-11H,4H2,1-3H3,(H,17,19). The summed E-state index contributed by atoms with van der Waals surface area (Å²) in [6, 6.07) is 9.75. The molecule has 0 aliphatic heterocycles. The molecule has 0 aliphatic rings. The molecule has 1 unspecified atom stereocenters. The van der Waals surface area contributed by atoms with Gasteiger partial charge in [0.15, 0.2) is 0 Å². The summed E-state index contributed by atoms with van der Waals surface area (Å²) in [6.07, 6.45) is 2.66. The average molecular weight is 257 g/mol. The number of nitrogens with zero attached hydrogens (tertiary/aromatic N) is 2. The molecule has 0 fully saturated rings. The largest absolute Gasteiger partial charge is 0.325 e. The molecule has 1 N–H and O–H groups in total. The normalized spacial score (nSPS) is 12.2. The second-order valence-electron chi connectivity index (χ2n) is 4.68. The quantitative estimate of drug-likeness (QED) is 0.914. The zero-order chi connectivity index (χ0) is 13.8. The first kappa shape index (κ1) is 13.3. The molecule has 0 saturated heterocycles. The molecule has 2 aromatic rings. The van der Waals surface area contributed by atoms with Gasteiger partial charge in [-0.3, -0.25) is 4.98 Å². The van der Waals surface area contributed by atoms with E-state index in [2.05, 4.69) is 17.2 Å². The fourth-order valence-electron chi connectivity index (χ4n) is 1.88. The Labute approximate surface area is 113 Å². The number of urea groups is 1. The highest BCUT2D eigenvalue weighted by atomic mass is 16.2. The first-order valence-electron chi connectivity index (χ1n) is 6.51. The molecular formula is C15H19N3O. The summed E-state index contributed by atoms with van der Waals surface area (Å²) >= 11 is 0. The molecule has 1 aromatic heterocycles. The molecule has 0 radical (unpaired) electrons. The van der Waals surface area contributed by atoms with Crippen molar-refractivity contribution in [2.24, 2.45) is 0 Å². The fraction of sp³-hybridized carbons (Fsp3) is 0.333. The van der Waals surface area contributed by atoms with Crippen molar-refractivity contribution in [2.45, 2.75) is 26.3 Å². The van der Waals surface area contributed by atoms with Gasteiger partial charge in [-0.25, -0.2) is 4.79 Å². The first-order chi connectivity index (χ1) is 9.13. The van der Waals surface area contributed by atoms with Crippen molar-refractivity contribution in [1.29, 1.82) is 0 Å². The zero-order valence-corrected chi connectivity index (χ0v) is 11.6. The molecule has 100 valence electrons. The Morgan fingerprint density at radius 3 is 2.84 bits per heavy atom. The maximum Gasteiger partial charge on any atom is 0.321 e. The number of fused-ring (bicyclic) bond motifs is 1. The van der Waals surface area contributed by atoms with Crippen LogP contribution in [0.25, 0.3) is 10.9 Å². The van der Waals surface area contributed by atoms with Crippen LogP contribution in [0.3, 0.4) is 0 Å². The zero-order valence-electron chi connectivity index (χ0n) is 11.6. The number of carbonyl (C=O) groups excluding carboxylic acids is 1. The number of carbonyl (C=O) groups is 1. The molecule has 19 heavy (non-hydrogen) atoms. The van der Waals surface area contributed by atoms with Crippen LogP contribution in [0.5, 0.6) is 0 Å². The lowest BCUT2D eigenvalue weighted by atomic mass is 10.2. The van der Waals surface area contributed by atoms with Gasteiger partial charge in [-0.05, 0) is 25.5 Å². The van der Waals surface area contributed by atoms with Crippen LogP contribution in [0.2, 0.25) is 0 Å². The minimum absolute atomic E-state index is 0.104. The lowest BCUT2D eigenvalue weighted by Gasteiger charge is -2.24. The predicted octanol–water partition coefficient (Wildman–Crippen LogP) is 3.50. The molecule has 0 spiro atoms. The molecule has 1 aromatic carbocycles. The lowest BCUT2D eigenvalue weighted by Crippen LogP contribution is -2.37. The van der Waals surface area contributed by atoms with E-state index >= 15 is 0 Å². The molecule has 1 atom stereocenters. The monoisotopic (exact) mass is 257 g/mol. The Kier molecular flexibility index (Phi) is 4.00. The van der Waals surface area contributed by atoms with Crippen molar-refractivity contribution >= 4 is 22.6 Å². The van der Waals surface area contributed by atoms with E-state index in [1.165, 1.54) is 0 Å². The predicted molar refractivity (Wildman–Crippen MR) is 78.3 cm³/mol.